The van der Waals surface area contributed by atoms with Crippen LogP contribution in [0.3, 0.4) is 0 Å². The molecule has 8 heteroatoms. The van der Waals surface area contributed by atoms with Gasteiger partial charge in [-0.2, -0.15) is 0 Å². The minimum Gasteiger partial charge on any atom is -0.328 e. The van der Waals surface area contributed by atoms with E-state index in [4.69, 9.17) is 4.98 Å². The van der Waals surface area contributed by atoms with Crippen molar-refractivity contribution in [2.75, 3.05) is 13.1 Å². The Balaban J connectivity index is 1.41. The van der Waals surface area contributed by atoms with E-state index >= 15 is 0 Å². The Morgan fingerprint density at radius 1 is 1.19 bits per heavy atom. The van der Waals surface area contributed by atoms with Gasteiger partial charge in [0.1, 0.15) is 5.82 Å². The third-order valence-corrected chi connectivity index (χ3v) is 7.00. The molecule has 7 nitrogen and oxygen atoms in total. The molecule has 160 valence electrons. The quantitative estimate of drug-likeness (QED) is 0.681. The SMILES string of the molecule is O=C(c1cccs1)N1CCCC[C@@H]1c1nc2c(c(=O)[nH]1)CCN(Cc1ccncc1)C2. The summed E-state index contributed by atoms with van der Waals surface area (Å²) in [5.41, 5.74) is 2.76. The summed E-state index contributed by atoms with van der Waals surface area (Å²) in [5.74, 6) is 0.651. The summed E-state index contributed by atoms with van der Waals surface area (Å²) < 4.78 is 0. The molecule has 0 saturated carbocycles. The van der Waals surface area contributed by atoms with E-state index in [1.54, 1.807) is 12.4 Å². The van der Waals surface area contributed by atoms with Crippen LogP contribution in [0, 0.1) is 0 Å². The number of hydrogen-bond acceptors (Lipinski definition) is 6. The molecule has 0 radical (unpaired) electrons. The monoisotopic (exact) mass is 435 g/mol. The van der Waals surface area contributed by atoms with Gasteiger partial charge in [-0.15, -0.1) is 11.3 Å². The van der Waals surface area contributed by atoms with Gasteiger partial charge in [-0.25, -0.2) is 4.98 Å². The van der Waals surface area contributed by atoms with Crippen LogP contribution in [0.15, 0.2) is 46.8 Å². The van der Waals surface area contributed by atoms with Crippen molar-refractivity contribution in [2.45, 2.75) is 44.8 Å². The lowest BCUT2D eigenvalue weighted by molar-refractivity contribution is 0.0603. The third kappa shape index (κ3) is 4.18. The van der Waals surface area contributed by atoms with Crippen molar-refractivity contribution in [3.05, 3.63) is 79.9 Å². The average molecular weight is 436 g/mol. The van der Waals surface area contributed by atoms with Gasteiger partial charge in [0.05, 0.1) is 16.6 Å². The lowest BCUT2D eigenvalue weighted by atomic mass is 10.00. The molecule has 1 saturated heterocycles. The number of piperidine rings is 1. The van der Waals surface area contributed by atoms with Gasteiger partial charge in [0.2, 0.25) is 0 Å². The fourth-order valence-corrected chi connectivity index (χ4v) is 5.23. The van der Waals surface area contributed by atoms with Crippen molar-refractivity contribution in [1.29, 1.82) is 0 Å². The van der Waals surface area contributed by atoms with E-state index in [1.807, 2.05) is 34.5 Å². The molecule has 0 bridgehead atoms. The summed E-state index contributed by atoms with van der Waals surface area (Å²) in [7, 11) is 0. The van der Waals surface area contributed by atoms with Crippen LogP contribution in [0.25, 0.3) is 0 Å². The van der Waals surface area contributed by atoms with Crippen LogP contribution in [-0.2, 0) is 19.5 Å². The molecule has 5 heterocycles. The number of amides is 1. The van der Waals surface area contributed by atoms with Crippen molar-refractivity contribution >= 4 is 17.2 Å². The van der Waals surface area contributed by atoms with E-state index in [1.165, 1.54) is 16.9 Å². The second kappa shape index (κ2) is 8.72. The summed E-state index contributed by atoms with van der Waals surface area (Å²) in [6.07, 6.45) is 7.11. The minimum atomic E-state index is -0.183. The first-order valence-electron chi connectivity index (χ1n) is 10.8. The molecule has 1 amide bonds. The van der Waals surface area contributed by atoms with Crippen molar-refractivity contribution in [2.24, 2.45) is 0 Å². The van der Waals surface area contributed by atoms with E-state index in [9.17, 15) is 9.59 Å². The van der Waals surface area contributed by atoms with E-state index in [2.05, 4.69) is 14.9 Å². The number of likely N-dealkylation sites (tertiary alicyclic amines) is 1. The van der Waals surface area contributed by atoms with Crippen molar-refractivity contribution in [3.8, 4) is 0 Å². The summed E-state index contributed by atoms with van der Waals surface area (Å²) in [6.45, 7) is 2.96. The highest BCUT2D eigenvalue weighted by atomic mass is 32.1. The minimum absolute atomic E-state index is 0.0272. The number of nitrogens with one attached hydrogen (secondary N) is 1. The molecule has 0 aromatic carbocycles. The van der Waals surface area contributed by atoms with Gasteiger partial charge in [-0.05, 0) is 54.8 Å². The summed E-state index contributed by atoms with van der Waals surface area (Å²) >= 11 is 1.45. The lowest BCUT2D eigenvalue weighted by Gasteiger charge is -2.35. The maximum Gasteiger partial charge on any atom is 0.264 e. The topological polar surface area (TPSA) is 82.2 Å². The predicted octanol–water partition coefficient (Wildman–Crippen LogP) is 3.15. The molecule has 3 aromatic heterocycles. The molecule has 5 rings (SSSR count). The van der Waals surface area contributed by atoms with E-state index in [0.29, 0.717) is 25.3 Å². The summed E-state index contributed by atoms with van der Waals surface area (Å²) in [4.78, 5) is 42.9. The van der Waals surface area contributed by atoms with Gasteiger partial charge in [0.15, 0.2) is 0 Å². The Hall–Kier alpha value is -2.84. The zero-order chi connectivity index (χ0) is 21.2. The summed E-state index contributed by atoms with van der Waals surface area (Å²) in [6, 6.07) is 7.60. The molecule has 0 spiro atoms. The van der Waals surface area contributed by atoms with E-state index < -0.39 is 0 Å². The zero-order valence-corrected chi connectivity index (χ0v) is 18.1. The number of aromatic amines is 1. The number of carbonyl (C=O) groups is 1. The number of H-pyrrole nitrogens is 1. The van der Waals surface area contributed by atoms with E-state index in [0.717, 1.165) is 48.5 Å². The second-order valence-electron chi connectivity index (χ2n) is 8.18. The fraction of sp³-hybridized carbons (Fsp3) is 0.391. The molecular formula is C23H25N5O2S. The average Bonchev–Trinajstić information content (AvgIpc) is 3.34. The number of hydrogen-bond donors (Lipinski definition) is 1. The first kappa shape index (κ1) is 20.1. The highest BCUT2D eigenvalue weighted by Crippen LogP contribution is 2.31. The fourth-order valence-electron chi connectivity index (χ4n) is 4.55. The predicted molar refractivity (Wildman–Crippen MR) is 119 cm³/mol. The number of thiophene rings is 1. The standard InChI is InChI=1S/C23H25N5O2S/c29-22-17-8-12-27(14-16-6-9-24-10-7-16)15-18(17)25-21(26-22)19-4-1-2-11-28(19)23(30)20-5-3-13-31-20/h3,5-7,9-10,13,19H,1-2,4,8,11-12,14-15H2,(H,25,26,29)/t19-/m1/s1. The zero-order valence-electron chi connectivity index (χ0n) is 17.3. The maximum absolute atomic E-state index is 13.1. The number of rotatable bonds is 4. The molecule has 31 heavy (non-hydrogen) atoms. The Morgan fingerprint density at radius 2 is 2.06 bits per heavy atom. The maximum atomic E-state index is 13.1. The normalized spacial score (nSPS) is 19.2. The molecule has 2 aliphatic rings. The molecule has 1 N–H and O–H groups in total. The first-order valence-corrected chi connectivity index (χ1v) is 11.6. The van der Waals surface area contributed by atoms with Crippen LogP contribution in [0.1, 0.15) is 57.6 Å². The van der Waals surface area contributed by atoms with Crippen LogP contribution in [-0.4, -0.2) is 43.7 Å². The number of aromatic nitrogens is 3. The van der Waals surface area contributed by atoms with Crippen LogP contribution in [0.2, 0.25) is 0 Å². The molecular weight excluding hydrogens is 410 g/mol. The van der Waals surface area contributed by atoms with Crippen molar-refractivity contribution in [3.63, 3.8) is 0 Å². The van der Waals surface area contributed by atoms with Gasteiger partial charge in [0.25, 0.3) is 11.5 Å². The Labute approximate surface area is 184 Å². The highest BCUT2D eigenvalue weighted by Gasteiger charge is 2.32. The van der Waals surface area contributed by atoms with Crippen LogP contribution >= 0.6 is 11.3 Å². The second-order valence-corrected chi connectivity index (χ2v) is 9.13. The number of fused-ring (bicyclic) bond motifs is 1. The van der Waals surface area contributed by atoms with Gasteiger partial charge >= 0.3 is 0 Å². The van der Waals surface area contributed by atoms with Crippen LogP contribution < -0.4 is 5.56 Å². The van der Waals surface area contributed by atoms with Crippen LogP contribution in [0.5, 0.6) is 0 Å². The Kier molecular flexibility index (Phi) is 5.65. The molecule has 0 unspecified atom stereocenters. The lowest BCUT2D eigenvalue weighted by Crippen LogP contribution is -2.41. The molecule has 0 aliphatic carbocycles. The highest BCUT2D eigenvalue weighted by molar-refractivity contribution is 7.12. The van der Waals surface area contributed by atoms with Crippen molar-refractivity contribution in [1.82, 2.24) is 24.8 Å². The Morgan fingerprint density at radius 3 is 2.87 bits per heavy atom. The number of nitrogens with zero attached hydrogens (tertiary/aromatic N) is 4. The van der Waals surface area contributed by atoms with Gasteiger partial charge in [0, 0.05) is 44.1 Å². The number of carbonyl (C=O) groups excluding carboxylic acids is 1. The molecule has 3 aromatic rings. The van der Waals surface area contributed by atoms with Crippen molar-refractivity contribution < 1.29 is 4.79 Å². The van der Waals surface area contributed by atoms with Gasteiger partial charge in [-0.3, -0.25) is 19.5 Å². The molecule has 1 atom stereocenters. The Bertz CT molecular complexity index is 1110. The third-order valence-electron chi connectivity index (χ3n) is 6.14. The van der Waals surface area contributed by atoms with Gasteiger partial charge in [-0.1, -0.05) is 6.07 Å². The number of pyridine rings is 1. The first-order chi connectivity index (χ1) is 15.2. The van der Waals surface area contributed by atoms with E-state index in [-0.39, 0.29) is 17.5 Å². The summed E-state index contributed by atoms with van der Waals surface area (Å²) in [5, 5.41) is 1.92. The molecule has 1 fully saturated rings. The smallest absolute Gasteiger partial charge is 0.264 e. The largest absolute Gasteiger partial charge is 0.328 e. The van der Waals surface area contributed by atoms with Gasteiger partial charge < -0.3 is 9.88 Å². The molecule has 2 aliphatic heterocycles. The van der Waals surface area contributed by atoms with Crippen LogP contribution in [0.4, 0.5) is 0 Å².